The molecule has 1 aromatic heterocycles. The number of piperidine rings is 1. The SMILES string of the molecule is O=C1CC2(CCN(c3nc4ccccc4s3)CC2)CN1Cc1ccccc1. The zero-order chi connectivity index (χ0) is 18.3. The second-order valence-corrected chi connectivity index (χ2v) is 8.87. The first-order valence-corrected chi connectivity index (χ1v) is 10.4. The summed E-state index contributed by atoms with van der Waals surface area (Å²) in [5, 5.41) is 1.12. The van der Waals surface area contributed by atoms with Crippen LogP contribution < -0.4 is 4.90 Å². The molecule has 2 aliphatic rings. The Hall–Kier alpha value is -2.40. The molecule has 5 heteroatoms. The fraction of sp³-hybridized carbons (Fsp3) is 0.364. The van der Waals surface area contributed by atoms with Gasteiger partial charge in [-0.05, 0) is 30.5 Å². The van der Waals surface area contributed by atoms with Gasteiger partial charge in [-0.2, -0.15) is 0 Å². The Morgan fingerprint density at radius 1 is 1.00 bits per heavy atom. The highest BCUT2D eigenvalue weighted by Gasteiger charge is 2.45. The van der Waals surface area contributed by atoms with Gasteiger partial charge in [0, 0.05) is 38.0 Å². The summed E-state index contributed by atoms with van der Waals surface area (Å²) < 4.78 is 1.25. The van der Waals surface area contributed by atoms with Crippen LogP contribution in [-0.4, -0.2) is 35.4 Å². The van der Waals surface area contributed by atoms with Gasteiger partial charge in [-0.25, -0.2) is 4.98 Å². The quantitative estimate of drug-likeness (QED) is 0.682. The second kappa shape index (κ2) is 6.64. The summed E-state index contributed by atoms with van der Waals surface area (Å²) in [4.78, 5) is 21.9. The van der Waals surface area contributed by atoms with Crippen LogP contribution in [0.1, 0.15) is 24.8 Å². The number of para-hydroxylation sites is 1. The molecule has 2 fully saturated rings. The van der Waals surface area contributed by atoms with Gasteiger partial charge in [-0.1, -0.05) is 53.8 Å². The monoisotopic (exact) mass is 377 g/mol. The van der Waals surface area contributed by atoms with Gasteiger partial charge in [0.1, 0.15) is 0 Å². The highest BCUT2D eigenvalue weighted by Crippen LogP contribution is 2.43. The first kappa shape index (κ1) is 16.8. The number of amides is 1. The number of hydrogen-bond donors (Lipinski definition) is 0. The third-order valence-corrected chi connectivity index (χ3v) is 7.10. The minimum atomic E-state index is 0.152. The molecule has 2 aromatic carbocycles. The van der Waals surface area contributed by atoms with Crippen LogP contribution in [0.2, 0.25) is 0 Å². The Kier molecular flexibility index (Phi) is 4.12. The number of anilines is 1. The van der Waals surface area contributed by atoms with Crippen molar-refractivity contribution in [2.75, 3.05) is 24.5 Å². The molecule has 3 aromatic rings. The van der Waals surface area contributed by atoms with Crippen molar-refractivity contribution in [3.8, 4) is 0 Å². The Morgan fingerprint density at radius 3 is 2.52 bits per heavy atom. The molecule has 2 aliphatic heterocycles. The second-order valence-electron chi connectivity index (χ2n) is 7.86. The number of rotatable bonds is 3. The minimum absolute atomic E-state index is 0.152. The van der Waals surface area contributed by atoms with Crippen LogP contribution in [0.25, 0.3) is 10.2 Å². The first-order chi connectivity index (χ1) is 13.2. The van der Waals surface area contributed by atoms with Crippen molar-refractivity contribution in [1.82, 2.24) is 9.88 Å². The highest BCUT2D eigenvalue weighted by molar-refractivity contribution is 7.22. The molecule has 0 saturated carbocycles. The van der Waals surface area contributed by atoms with Crippen LogP contribution in [0.4, 0.5) is 5.13 Å². The molecule has 3 heterocycles. The normalized spacial score (nSPS) is 19.3. The summed E-state index contributed by atoms with van der Waals surface area (Å²) in [7, 11) is 0. The van der Waals surface area contributed by atoms with Crippen molar-refractivity contribution in [3.05, 3.63) is 60.2 Å². The number of fused-ring (bicyclic) bond motifs is 1. The molecule has 138 valence electrons. The van der Waals surface area contributed by atoms with E-state index in [2.05, 4.69) is 40.1 Å². The number of aromatic nitrogens is 1. The molecule has 0 N–H and O–H groups in total. The molecule has 27 heavy (non-hydrogen) atoms. The summed E-state index contributed by atoms with van der Waals surface area (Å²) >= 11 is 1.78. The first-order valence-electron chi connectivity index (χ1n) is 9.63. The summed E-state index contributed by atoms with van der Waals surface area (Å²) in [6.07, 6.45) is 2.84. The van der Waals surface area contributed by atoms with E-state index in [0.29, 0.717) is 12.3 Å². The van der Waals surface area contributed by atoms with E-state index in [-0.39, 0.29) is 5.41 Å². The predicted molar refractivity (Wildman–Crippen MR) is 110 cm³/mol. The van der Waals surface area contributed by atoms with Crippen LogP contribution >= 0.6 is 11.3 Å². The van der Waals surface area contributed by atoms with Gasteiger partial charge in [-0.3, -0.25) is 4.79 Å². The number of thiazole rings is 1. The molecule has 1 spiro atoms. The summed E-state index contributed by atoms with van der Waals surface area (Å²) in [5.74, 6) is 0.312. The van der Waals surface area contributed by atoms with E-state index in [1.165, 1.54) is 10.3 Å². The smallest absolute Gasteiger partial charge is 0.223 e. The number of carbonyl (C=O) groups excluding carboxylic acids is 1. The van der Waals surface area contributed by atoms with Crippen molar-refractivity contribution in [2.24, 2.45) is 5.41 Å². The maximum Gasteiger partial charge on any atom is 0.223 e. The Balaban J connectivity index is 1.26. The standard InChI is InChI=1S/C22H23N3OS/c26-20-14-22(16-25(20)15-17-6-2-1-3-7-17)10-12-24(13-11-22)21-23-18-8-4-5-9-19(18)27-21/h1-9H,10-16H2. The summed E-state index contributed by atoms with van der Waals surface area (Å²) in [6.45, 7) is 3.62. The maximum atomic E-state index is 12.6. The fourth-order valence-electron chi connectivity index (χ4n) is 4.43. The largest absolute Gasteiger partial charge is 0.348 e. The lowest BCUT2D eigenvalue weighted by Gasteiger charge is -2.38. The fourth-order valence-corrected chi connectivity index (χ4v) is 5.45. The number of likely N-dealkylation sites (tertiary alicyclic amines) is 1. The third-order valence-electron chi connectivity index (χ3n) is 6.00. The molecule has 1 amide bonds. The van der Waals surface area contributed by atoms with Gasteiger partial charge in [0.25, 0.3) is 0 Å². The molecule has 0 bridgehead atoms. The Labute approximate surface area is 163 Å². The lowest BCUT2D eigenvalue weighted by atomic mass is 9.78. The number of hydrogen-bond acceptors (Lipinski definition) is 4. The van der Waals surface area contributed by atoms with Gasteiger partial charge in [0.15, 0.2) is 5.13 Å². The molecular formula is C22H23N3OS. The third kappa shape index (κ3) is 3.21. The van der Waals surface area contributed by atoms with E-state index >= 15 is 0 Å². The molecule has 0 radical (unpaired) electrons. The van der Waals surface area contributed by atoms with Crippen molar-refractivity contribution >= 4 is 32.6 Å². The molecular weight excluding hydrogens is 354 g/mol. The van der Waals surface area contributed by atoms with Gasteiger partial charge in [0.2, 0.25) is 5.91 Å². The average molecular weight is 378 g/mol. The van der Waals surface area contributed by atoms with Crippen LogP contribution in [0.3, 0.4) is 0 Å². The van der Waals surface area contributed by atoms with Gasteiger partial charge in [0.05, 0.1) is 10.2 Å². The average Bonchev–Trinajstić information content (AvgIpc) is 3.25. The minimum Gasteiger partial charge on any atom is -0.348 e. The topological polar surface area (TPSA) is 36.4 Å². The van der Waals surface area contributed by atoms with E-state index in [1.54, 1.807) is 11.3 Å². The van der Waals surface area contributed by atoms with Gasteiger partial charge >= 0.3 is 0 Å². The van der Waals surface area contributed by atoms with E-state index < -0.39 is 0 Å². The van der Waals surface area contributed by atoms with Crippen LogP contribution in [-0.2, 0) is 11.3 Å². The van der Waals surface area contributed by atoms with E-state index in [4.69, 9.17) is 4.98 Å². The zero-order valence-electron chi connectivity index (χ0n) is 15.3. The zero-order valence-corrected chi connectivity index (χ0v) is 16.1. The highest BCUT2D eigenvalue weighted by atomic mass is 32.1. The van der Waals surface area contributed by atoms with Crippen LogP contribution in [0, 0.1) is 5.41 Å². The van der Waals surface area contributed by atoms with Gasteiger partial charge in [-0.15, -0.1) is 0 Å². The molecule has 0 unspecified atom stereocenters. The lowest BCUT2D eigenvalue weighted by molar-refractivity contribution is -0.128. The number of nitrogens with zero attached hydrogens (tertiary/aromatic N) is 3. The van der Waals surface area contributed by atoms with Crippen molar-refractivity contribution < 1.29 is 4.79 Å². The Morgan fingerprint density at radius 2 is 1.74 bits per heavy atom. The summed E-state index contributed by atoms with van der Waals surface area (Å²) in [5.41, 5.74) is 2.46. The predicted octanol–water partition coefficient (Wildman–Crippen LogP) is 4.32. The van der Waals surface area contributed by atoms with E-state index in [1.807, 2.05) is 24.3 Å². The molecule has 0 atom stereocenters. The lowest BCUT2D eigenvalue weighted by Crippen LogP contribution is -2.41. The summed E-state index contributed by atoms with van der Waals surface area (Å²) in [6, 6.07) is 18.7. The molecule has 4 nitrogen and oxygen atoms in total. The molecule has 2 saturated heterocycles. The molecule has 5 rings (SSSR count). The van der Waals surface area contributed by atoms with E-state index in [9.17, 15) is 4.79 Å². The van der Waals surface area contributed by atoms with E-state index in [0.717, 1.165) is 49.7 Å². The van der Waals surface area contributed by atoms with Crippen molar-refractivity contribution in [2.45, 2.75) is 25.8 Å². The maximum absolute atomic E-state index is 12.6. The number of benzene rings is 2. The van der Waals surface area contributed by atoms with Gasteiger partial charge < -0.3 is 9.80 Å². The van der Waals surface area contributed by atoms with Crippen molar-refractivity contribution in [3.63, 3.8) is 0 Å². The molecule has 0 aliphatic carbocycles. The number of carbonyl (C=O) groups is 1. The van der Waals surface area contributed by atoms with Crippen molar-refractivity contribution in [1.29, 1.82) is 0 Å². The van der Waals surface area contributed by atoms with Crippen LogP contribution in [0.15, 0.2) is 54.6 Å². The van der Waals surface area contributed by atoms with Crippen LogP contribution in [0.5, 0.6) is 0 Å². The Bertz CT molecular complexity index is 927.